The van der Waals surface area contributed by atoms with Gasteiger partial charge in [0, 0.05) is 36.7 Å². The summed E-state index contributed by atoms with van der Waals surface area (Å²) in [5, 5.41) is 6.42. The second kappa shape index (κ2) is 6.87. The molecule has 1 aromatic carbocycles. The van der Waals surface area contributed by atoms with Gasteiger partial charge in [0.05, 0.1) is 5.75 Å². The number of benzene rings is 1. The monoisotopic (exact) mass is 330 g/mol. The van der Waals surface area contributed by atoms with E-state index in [1.54, 1.807) is 30.5 Å². The van der Waals surface area contributed by atoms with Crippen LogP contribution >= 0.6 is 11.8 Å². The number of anilines is 2. The SMILES string of the molecule is CC(=O)Nc1ccc(NC(=O)CSc2nccn2C2CC2)cc1. The number of imidazole rings is 1. The fourth-order valence-corrected chi connectivity index (χ4v) is 3.04. The fourth-order valence-electron chi connectivity index (χ4n) is 2.21. The largest absolute Gasteiger partial charge is 0.326 e. The molecule has 2 aromatic rings. The zero-order valence-electron chi connectivity index (χ0n) is 12.8. The van der Waals surface area contributed by atoms with Crippen LogP contribution in [-0.4, -0.2) is 27.1 Å². The summed E-state index contributed by atoms with van der Waals surface area (Å²) >= 11 is 1.44. The van der Waals surface area contributed by atoms with Crippen molar-refractivity contribution in [1.29, 1.82) is 0 Å². The van der Waals surface area contributed by atoms with Gasteiger partial charge in [-0.1, -0.05) is 11.8 Å². The lowest BCUT2D eigenvalue weighted by molar-refractivity contribution is -0.114. The molecule has 1 aromatic heterocycles. The minimum Gasteiger partial charge on any atom is -0.326 e. The first-order valence-electron chi connectivity index (χ1n) is 7.45. The van der Waals surface area contributed by atoms with Gasteiger partial charge in [-0.2, -0.15) is 0 Å². The second-order valence-corrected chi connectivity index (χ2v) is 6.39. The molecule has 0 atom stereocenters. The molecule has 0 radical (unpaired) electrons. The van der Waals surface area contributed by atoms with E-state index in [2.05, 4.69) is 20.2 Å². The average Bonchev–Trinajstić information content (AvgIpc) is 3.25. The number of carbonyl (C=O) groups is 2. The lowest BCUT2D eigenvalue weighted by Crippen LogP contribution is -2.14. The minimum atomic E-state index is -0.121. The first kappa shape index (κ1) is 15.6. The highest BCUT2D eigenvalue weighted by Gasteiger charge is 2.25. The number of amides is 2. The quantitative estimate of drug-likeness (QED) is 0.799. The van der Waals surface area contributed by atoms with Crippen molar-refractivity contribution in [2.24, 2.45) is 0 Å². The molecule has 1 aliphatic carbocycles. The van der Waals surface area contributed by atoms with Crippen molar-refractivity contribution < 1.29 is 9.59 Å². The van der Waals surface area contributed by atoms with Gasteiger partial charge in [-0.15, -0.1) is 0 Å². The summed E-state index contributed by atoms with van der Waals surface area (Å²) in [6.07, 6.45) is 6.13. The van der Waals surface area contributed by atoms with Crippen molar-refractivity contribution in [2.45, 2.75) is 31.0 Å². The molecule has 1 fully saturated rings. The highest BCUT2D eigenvalue weighted by atomic mass is 32.2. The van der Waals surface area contributed by atoms with Crippen molar-refractivity contribution in [2.75, 3.05) is 16.4 Å². The zero-order chi connectivity index (χ0) is 16.2. The molecule has 1 saturated carbocycles. The van der Waals surface area contributed by atoms with Gasteiger partial charge in [0.25, 0.3) is 0 Å². The Kier molecular flexibility index (Phi) is 4.66. The molecule has 7 heteroatoms. The summed E-state index contributed by atoms with van der Waals surface area (Å²) in [5.41, 5.74) is 1.41. The summed E-state index contributed by atoms with van der Waals surface area (Å²) in [6.45, 7) is 1.46. The lowest BCUT2D eigenvalue weighted by Gasteiger charge is -2.08. The lowest BCUT2D eigenvalue weighted by atomic mass is 10.3. The van der Waals surface area contributed by atoms with E-state index in [1.807, 2.05) is 6.20 Å². The summed E-state index contributed by atoms with van der Waals surface area (Å²) in [4.78, 5) is 27.3. The van der Waals surface area contributed by atoms with Crippen LogP contribution in [0.3, 0.4) is 0 Å². The van der Waals surface area contributed by atoms with Crippen LogP contribution in [0.4, 0.5) is 11.4 Å². The van der Waals surface area contributed by atoms with Crippen LogP contribution in [0.25, 0.3) is 0 Å². The number of thioether (sulfide) groups is 1. The molecule has 120 valence electrons. The Morgan fingerprint density at radius 2 is 1.87 bits per heavy atom. The third-order valence-corrected chi connectivity index (χ3v) is 4.38. The maximum atomic E-state index is 12.0. The molecular weight excluding hydrogens is 312 g/mol. The van der Waals surface area contributed by atoms with Crippen LogP contribution in [0.1, 0.15) is 25.8 Å². The molecule has 0 bridgehead atoms. The molecule has 1 aliphatic rings. The van der Waals surface area contributed by atoms with Crippen LogP contribution in [0.2, 0.25) is 0 Å². The second-order valence-electron chi connectivity index (χ2n) is 5.44. The predicted octanol–water partition coefficient (Wildman–Crippen LogP) is 2.91. The van der Waals surface area contributed by atoms with Gasteiger partial charge < -0.3 is 15.2 Å². The molecular formula is C16H18N4O2S. The zero-order valence-corrected chi connectivity index (χ0v) is 13.6. The smallest absolute Gasteiger partial charge is 0.234 e. The maximum Gasteiger partial charge on any atom is 0.234 e. The Morgan fingerprint density at radius 1 is 1.22 bits per heavy atom. The van der Waals surface area contributed by atoms with E-state index in [1.165, 1.54) is 31.5 Å². The van der Waals surface area contributed by atoms with Gasteiger partial charge in [-0.3, -0.25) is 9.59 Å². The van der Waals surface area contributed by atoms with Crippen molar-refractivity contribution >= 4 is 35.0 Å². The van der Waals surface area contributed by atoms with E-state index in [-0.39, 0.29) is 11.8 Å². The highest BCUT2D eigenvalue weighted by molar-refractivity contribution is 7.99. The van der Waals surface area contributed by atoms with Crippen molar-refractivity contribution in [3.63, 3.8) is 0 Å². The predicted molar refractivity (Wildman–Crippen MR) is 90.6 cm³/mol. The normalized spacial score (nSPS) is 13.6. The van der Waals surface area contributed by atoms with E-state index in [4.69, 9.17) is 0 Å². The topological polar surface area (TPSA) is 76.0 Å². The van der Waals surface area contributed by atoms with Crippen LogP contribution < -0.4 is 10.6 Å². The number of aromatic nitrogens is 2. The van der Waals surface area contributed by atoms with Gasteiger partial charge in [0.15, 0.2) is 5.16 Å². The van der Waals surface area contributed by atoms with E-state index in [9.17, 15) is 9.59 Å². The van der Waals surface area contributed by atoms with Crippen LogP contribution in [0.15, 0.2) is 41.8 Å². The van der Waals surface area contributed by atoms with Gasteiger partial charge in [0.2, 0.25) is 11.8 Å². The third-order valence-electron chi connectivity index (χ3n) is 3.39. The minimum absolute atomic E-state index is 0.0763. The summed E-state index contributed by atoms with van der Waals surface area (Å²) in [5.74, 6) is 0.119. The van der Waals surface area contributed by atoms with Crippen molar-refractivity contribution in [3.05, 3.63) is 36.7 Å². The van der Waals surface area contributed by atoms with Crippen LogP contribution in [0, 0.1) is 0 Å². The number of carbonyl (C=O) groups excluding carboxylic acids is 2. The molecule has 3 rings (SSSR count). The number of nitrogens with zero attached hydrogens (tertiary/aromatic N) is 2. The average molecular weight is 330 g/mol. The summed E-state index contributed by atoms with van der Waals surface area (Å²) in [6, 6.07) is 7.59. The molecule has 0 spiro atoms. The van der Waals surface area contributed by atoms with Gasteiger partial charge in [-0.25, -0.2) is 4.98 Å². The third kappa shape index (κ3) is 4.35. The molecule has 1 heterocycles. The van der Waals surface area contributed by atoms with E-state index in [0.29, 0.717) is 23.2 Å². The Balaban J connectivity index is 1.50. The van der Waals surface area contributed by atoms with Crippen molar-refractivity contribution in [1.82, 2.24) is 9.55 Å². The van der Waals surface area contributed by atoms with E-state index in [0.717, 1.165) is 5.16 Å². The number of hydrogen-bond acceptors (Lipinski definition) is 4. The van der Waals surface area contributed by atoms with Crippen molar-refractivity contribution in [3.8, 4) is 0 Å². The Labute approximate surface area is 138 Å². The van der Waals surface area contributed by atoms with Gasteiger partial charge in [-0.05, 0) is 37.1 Å². The maximum absolute atomic E-state index is 12.0. The molecule has 23 heavy (non-hydrogen) atoms. The Hall–Kier alpha value is -2.28. The number of hydrogen-bond donors (Lipinski definition) is 2. The summed E-state index contributed by atoms with van der Waals surface area (Å²) < 4.78 is 2.14. The molecule has 0 unspecified atom stereocenters. The molecule has 2 N–H and O–H groups in total. The van der Waals surface area contributed by atoms with Gasteiger partial charge in [0.1, 0.15) is 0 Å². The van der Waals surface area contributed by atoms with Crippen LogP contribution in [0.5, 0.6) is 0 Å². The molecule has 0 saturated heterocycles. The van der Waals surface area contributed by atoms with Crippen LogP contribution in [-0.2, 0) is 9.59 Å². The molecule has 2 amide bonds. The molecule has 6 nitrogen and oxygen atoms in total. The van der Waals surface area contributed by atoms with E-state index >= 15 is 0 Å². The Morgan fingerprint density at radius 3 is 2.48 bits per heavy atom. The highest BCUT2D eigenvalue weighted by Crippen LogP contribution is 2.37. The standard InChI is InChI=1S/C16H18N4O2S/c1-11(21)18-12-2-4-13(5-3-12)19-15(22)10-23-16-17-8-9-20(16)14-6-7-14/h2-5,8-9,14H,6-7,10H2,1H3,(H,18,21)(H,19,22). The van der Waals surface area contributed by atoms with E-state index < -0.39 is 0 Å². The first-order valence-corrected chi connectivity index (χ1v) is 8.43. The van der Waals surface area contributed by atoms with Gasteiger partial charge >= 0.3 is 0 Å². The fraction of sp³-hybridized carbons (Fsp3) is 0.312. The molecule has 0 aliphatic heterocycles. The Bertz CT molecular complexity index is 707. The number of rotatable bonds is 6. The number of nitrogens with one attached hydrogen (secondary N) is 2. The summed E-state index contributed by atoms with van der Waals surface area (Å²) in [7, 11) is 0. The first-order chi connectivity index (χ1) is 11.1.